The summed E-state index contributed by atoms with van der Waals surface area (Å²) in [7, 11) is 0. The van der Waals surface area contributed by atoms with E-state index in [1.165, 1.54) is 0 Å². The van der Waals surface area contributed by atoms with Gasteiger partial charge in [0, 0.05) is 11.3 Å². The molecule has 5 heteroatoms. The minimum absolute atomic E-state index is 0.0192. The zero-order valence-electron chi connectivity index (χ0n) is 15.6. The molecule has 0 radical (unpaired) electrons. The monoisotopic (exact) mass is 385 g/mol. The highest BCUT2D eigenvalue weighted by atomic mass is 32.1. The number of nitriles is 1. The number of fused-ring (bicyclic) bond motifs is 1. The predicted octanol–water partition coefficient (Wildman–Crippen LogP) is 5.00. The maximum atomic E-state index is 13.3. The van der Waals surface area contributed by atoms with Crippen LogP contribution < -0.4 is 5.56 Å². The Balaban J connectivity index is 1.84. The van der Waals surface area contributed by atoms with Gasteiger partial charge in [-0.2, -0.15) is 5.26 Å². The van der Waals surface area contributed by atoms with Gasteiger partial charge in [0.25, 0.3) is 5.56 Å². The first-order valence-corrected chi connectivity index (χ1v) is 10.1. The molecule has 0 spiro atoms. The van der Waals surface area contributed by atoms with Gasteiger partial charge in [0.05, 0.1) is 23.6 Å². The second kappa shape index (κ2) is 7.79. The van der Waals surface area contributed by atoms with Crippen molar-refractivity contribution in [2.45, 2.75) is 26.3 Å². The van der Waals surface area contributed by atoms with Crippen molar-refractivity contribution < 1.29 is 0 Å². The first kappa shape index (κ1) is 18.1. The summed E-state index contributed by atoms with van der Waals surface area (Å²) in [5.74, 6) is 0.795. The largest absolute Gasteiger partial charge is 0.292 e. The maximum Gasteiger partial charge on any atom is 0.262 e. The fourth-order valence-electron chi connectivity index (χ4n) is 3.30. The lowest BCUT2D eigenvalue weighted by Crippen LogP contribution is -2.25. The van der Waals surface area contributed by atoms with E-state index in [2.05, 4.69) is 13.0 Å². The number of nitrogens with zero attached hydrogens (tertiary/aromatic N) is 3. The summed E-state index contributed by atoms with van der Waals surface area (Å²) in [5, 5.41) is 9.80. The third-order valence-electron chi connectivity index (χ3n) is 4.66. The van der Waals surface area contributed by atoms with Gasteiger partial charge in [-0.3, -0.25) is 9.36 Å². The van der Waals surface area contributed by atoms with Crippen molar-refractivity contribution in [1.29, 1.82) is 5.26 Å². The highest BCUT2D eigenvalue weighted by Crippen LogP contribution is 2.31. The number of benzene rings is 2. The molecule has 0 fully saturated rings. The Bertz CT molecular complexity index is 1230. The molecule has 138 valence electrons. The lowest BCUT2D eigenvalue weighted by atomic mass is 10.1. The number of aryl methyl sites for hydroxylation is 1. The van der Waals surface area contributed by atoms with Crippen molar-refractivity contribution in [2.24, 2.45) is 0 Å². The minimum Gasteiger partial charge on any atom is -0.292 e. The zero-order valence-corrected chi connectivity index (χ0v) is 16.4. The smallest absolute Gasteiger partial charge is 0.262 e. The number of hydrogen-bond donors (Lipinski definition) is 0. The Morgan fingerprint density at radius 2 is 1.93 bits per heavy atom. The lowest BCUT2D eigenvalue weighted by molar-refractivity contribution is 0.666. The summed E-state index contributed by atoms with van der Waals surface area (Å²) in [5.41, 5.74) is 2.60. The summed E-state index contributed by atoms with van der Waals surface area (Å²) < 4.78 is 1.75. The van der Waals surface area contributed by atoms with Crippen molar-refractivity contribution in [3.05, 3.63) is 88.0 Å². The van der Waals surface area contributed by atoms with Gasteiger partial charge in [0.15, 0.2) is 0 Å². The molecule has 0 bridgehead atoms. The van der Waals surface area contributed by atoms with Crippen molar-refractivity contribution in [1.82, 2.24) is 9.55 Å². The molecule has 0 aliphatic rings. The van der Waals surface area contributed by atoms with E-state index in [4.69, 9.17) is 10.2 Å². The summed E-state index contributed by atoms with van der Waals surface area (Å²) in [6.07, 6.45) is 1.65. The van der Waals surface area contributed by atoms with E-state index < -0.39 is 0 Å². The fraction of sp³-hybridized carbons (Fsp3) is 0.174. The van der Waals surface area contributed by atoms with E-state index in [1.807, 2.05) is 54.6 Å². The first-order chi connectivity index (χ1) is 13.7. The van der Waals surface area contributed by atoms with Crippen LogP contribution in [0, 0.1) is 11.3 Å². The third kappa shape index (κ3) is 3.47. The molecule has 0 aliphatic heterocycles. The number of thiophene rings is 1. The Morgan fingerprint density at radius 1 is 1.11 bits per heavy atom. The normalized spacial score (nSPS) is 10.9. The topological polar surface area (TPSA) is 58.7 Å². The molecule has 0 atom stereocenters. The van der Waals surface area contributed by atoms with Crippen molar-refractivity contribution in [3.63, 3.8) is 0 Å². The molecule has 2 aromatic carbocycles. The number of hydrogen-bond acceptors (Lipinski definition) is 4. The Kier molecular flexibility index (Phi) is 5.05. The van der Waals surface area contributed by atoms with Gasteiger partial charge >= 0.3 is 0 Å². The van der Waals surface area contributed by atoms with E-state index in [0.717, 1.165) is 39.5 Å². The molecule has 0 saturated heterocycles. The van der Waals surface area contributed by atoms with Crippen LogP contribution in [-0.2, 0) is 13.0 Å². The van der Waals surface area contributed by atoms with E-state index in [-0.39, 0.29) is 5.56 Å². The van der Waals surface area contributed by atoms with E-state index in [1.54, 1.807) is 22.0 Å². The van der Waals surface area contributed by atoms with Crippen molar-refractivity contribution in [2.75, 3.05) is 0 Å². The Labute approximate surface area is 167 Å². The van der Waals surface area contributed by atoms with Crippen LogP contribution >= 0.6 is 11.3 Å². The maximum absolute atomic E-state index is 13.3. The Morgan fingerprint density at radius 3 is 2.68 bits per heavy atom. The highest BCUT2D eigenvalue weighted by Gasteiger charge is 2.15. The Hall–Kier alpha value is -3.23. The summed E-state index contributed by atoms with van der Waals surface area (Å²) >= 11 is 1.56. The quantitative estimate of drug-likeness (QED) is 0.486. The molecule has 0 saturated carbocycles. The summed E-state index contributed by atoms with van der Waals surface area (Å²) in [6, 6.07) is 21.6. The third-order valence-corrected chi connectivity index (χ3v) is 5.74. The van der Waals surface area contributed by atoms with Crippen LogP contribution in [0.1, 0.15) is 30.3 Å². The molecule has 0 aliphatic carbocycles. The molecule has 4 nitrogen and oxygen atoms in total. The van der Waals surface area contributed by atoms with Crippen LogP contribution in [0.5, 0.6) is 0 Å². The van der Waals surface area contributed by atoms with Crippen LogP contribution in [-0.4, -0.2) is 9.55 Å². The van der Waals surface area contributed by atoms with Crippen LogP contribution in [0.25, 0.3) is 20.7 Å². The second-order valence-corrected chi connectivity index (χ2v) is 7.71. The van der Waals surface area contributed by atoms with Gasteiger partial charge in [0.1, 0.15) is 10.7 Å². The second-order valence-electron chi connectivity index (χ2n) is 6.68. The van der Waals surface area contributed by atoms with Crippen LogP contribution in [0.3, 0.4) is 0 Å². The zero-order chi connectivity index (χ0) is 19.5. The van der Waals surface area contributed by atoms with Gasteiger partial charge in [-0.05, 0) is 35.7 Å². The summed E-state index contributed by atoms with van der Waals surface area (Å²) in [6.45, 7) is 2.50. The average molecular weight is 385 g/mol. The van der Waals surface area contributed by atoms with Crippen LogP contribution in [0.2, 0.25) is 0 Å². The molecule has 28 heavy (non-hydrogen) atoms. The summed E-state index contributed by atoms with van der Waals surface area (Å²) in [4.78, 5) is 20.0. The van der Waals surface area contributed by atoms with Gasteiger partial charge < -0.3 is 0 Å². The molecule has 4 rings (SSSR count). The predicted molar refractivity (Wildman–Crippen MR) is 114 cm³/mol. The van der Waals surface area contributed by atoms with E-state index >= 15 is 0 Å². The van der Waals surface area contributed by atoms with Gasteiger partial charge in [-0.15, -0.1) is 11.3 Å². The highest BCUT2D eigenvalue weighted by molar-refractivity contribution is 7.21. The standard InChI is InChI=1S/C23H19N3OS/c1-2-7-21-25-22-19(13-20(28-22)18-10-4-3-5-11-18)23(27)26(21)15-17-9-6-8-16(12-17)14-24/h3-6,8-13H,2,7,15H2,1H3. The van der Waals surface area contributed by atoms with Gasteiger partial charge in [0.2, 0.25) is 0 Å². The fourth-order valence-corrected chi connectivity index (χ4v) is 4.35. The first-order valence-electron chi connectivity index (χ1n) is 9.27. The van der Waals surface area contributed by atoms with E-state index in [0.29, 0.717) is 17.5 Å². The number of rotatable bonds is 5. The molecule has 0 amide bonds. The molecule has 0 unspecified atom stereocenters. The van der Waals surface area contributed by atoms with Crippen LogP contribution in [0.15, 0.2) is 65.5 Å². The molecule has 0 N–H and O–H groups in total. The molecule has 2 aromatic heterocycles. The van der Waals surface area contributed by atoms with Crippen molar-refractivity contribution in [3.8, 4) is 16.5 Å². The van der Waals surface area contributed by atoms with Gasteiger partial charge in [-0.1, -0.05) is 49.4 Å². The molecule has 4 aromatic rings. The van der Waals surface area contributed by atoms with Gasteiger partial charge in [-0.25, -0.2) is 4.98 Å². The van der Waals surface area contributed by atoms with Crippen molar-refractivity contribution >= 4 is 21.6 Å². The lowest BCUT2D eigenvalue weighted by Gasteiger charge is -2.12. The minimum atomic E-state index is -0.0192. The molecule has 2 heterocycles. The number of aromatic nitrogens is 2. The average Bonchev–Trinajstić information content (AvgIpc) is 3.16. The van der Waals surface area contributed by atoms with Crippen LogP contribution in [0.4, 0.5) is 0 Å². The molecular weight excluding hydrogens is 366 g/mol. The van der Waals surface area contributed by atoms with E-state index in [9.17, 15) is 4.79 Å². The molecular formula is C23H19N3OS. The SMILES string of the molecule is CCCc1nc2sc(-c3ccccc3)cc2c(=O)n1Cc1cccc(C#N)c1.